The Labute approximate surface area is 116 Å². The molecule has 1 unspecified atom stereocenters. The van der Waals surface area contributed by atoms with Crippen LogP contribution in [-0.2, 0) is 5.41 Å². The van der Waals surface area contributed by atoms with Gasteiger partial charge in [0, 0.05) is 6.04 Å². The predicted octanol–water partition coefficient (Wildman–Crippen LogP) is 2.48. The second-order valence-electron chi connectivity index (χ2n) is 6.41. The van der Waals surface area contributed by atoms with Gasteiger partial charge in [0.25, 0.3) is 0 Å². The molecule has 2 rings (SSSR count). The summed E-state index contributed by atoms with van der Waals surface area (Å²) in [6.07, 6.45) is 2.44. The molecule has 1 aromatic rings. The lowest BCUT2D eigenvalue weighted by atomic mass is 9.87. The second kappa shape index (κ2) is 5.93. The molecule has 1 aromatic carbocycles. The Morgan fingerprint density at radius 2 is 1.89 bits per heavy atom. The Hall–Kier alpha value is -1.06. The van der Waals surface area contributed by atoms with E-state index < -0.39 is 0 Å². The molecule has 0 bridgehead atoms. The third kappa shape index (κ3) is 4.51. The van der Waals surface area contributed by atoms with Crippen LogP contribution in [0.1, 0.15) is 39.2 Å². The Morgan fingerprint density at radius 1 is 1.26 bits per heavy atom. The highest BCUT2D eigenvalue weighted by atomic mass is 16.5. The molecule has 1 atom stereocenters. The van der Waals surface area contributed by atoms with Gasteiger partial charge < -0.3 is 15.2 Å². The second-order valence-corrected chi connectivity index (χ2v) is 6.41. The summed E-state index contributed by atoms with van der Waals surface area (Å²) in [4.78, 5) is 0. The summed E-state index contributed by atoms with van der Waals surface area (Å²) in [6.45, 7) is 7.23. The quantitative estimate of drug-likeness (QED) is 0.828. The summed E-state index contributed by atoms with van der Waals surface area (Å²) in [6, 6.07) is 8.85. The average molecular weight is 263 g/mol. The van der Waals surface area contributed by atoms with Gasteiger partial charge in [0.15, 0.2) is 0 Å². The van der Waals surface area contributed by atoms with E-state index in [9.17, 15) is 5.11 Å². The lowest BCUT2D eigenvalue weighted by Crippen LogP contribution is -2.39. The van der Waals surface area contributed by atoms with Crippen LogP contribution in [0.2, 0.25) is 0 Å². The normalized spacial score (nSPS) is 17.3. The Morgan fingerprint density at radius 3 is 2.37 bits per heavy atom. The zero-order valence-electron chi connectivity index (χ0n) is 12.1. The van der Waals surface area contributed by atoms with Crippen LogP contribution in [0.25, 0.3) is 0 Å². The van der Waals surface area contributed by atoms with Crippen LogP contribution >= 0.6 is 0 Å². The molecule has 1 saturated carbocycles. The molecule has 0 radical (unpaired) electrons. The maximum atomic E-state index is 9.29. The first-order chi connectivity index (χ1) is 8.99. The van der Waals surface area contributed by atoms with Crippen LogP contribution < -0.4 is 10.1 Å². The third-order valence-electron chi connectivity index (χ3n) is 3.44. The van der Waals surface area contributed by atoms with E-state index in [1.807, 2.05) is 12.1 Å². The van der Waals surface area contributed by atoms with Crippen LogP contribution in [0.3, 0.4) is 0 Å². The van der Waals surface area contributed by atoms with Gasteiger partial charge in [0.05, 0.1) is 12.6 Å². The molecular formula is C16H25NO2. The molecule has 0 aliphatic heterocycles. The Bertz CT molecular complexity index is 390. The van der Waals surface area contributed by atoms with Gasteiger partial charge in [-0.15, -0.1) is 0 Å². The summed E-state index contributed by atoms with van der Waals surface area (Å²) in [5.41, 5.74) is 1.47. The Kier molecular flexibility index (Phi) is 4.48. The van der Waals surface area contributed by atoms with Crippen LogP contribution in [-0.4, -0.2) is 30.4 Å². The fourth-order valence-electron chi connectivity index (χ4n) is 1.98. The molecule has 0 amide bonds. The summed E-state index contributed by atoms with van der Waals surface area (Å²) in [5.74, 6) is 0.865. The molecule has 3 heteroatoms. The first kappa shape index (κ1) is 14.4. The zero-order valence-corrected chi connectivity index (χ0v) is 12.1. The largest absolute Gasteiger partial charge is 0.492 e. The lowest BCUT2D eigenvalue weighted by Gasteiger charge is -2.20. The highest BCUT2D eigenvalue weighted by Gasteiger charge is 2.24. The van der Waals surface area contributed by atoms with Gasteiger partial charge in [0.1, 0.15) is 12.4 Å². The van der Waals surface area contributed by atoms with Crippen molar-refractivity contribution in [3.63, 3.8) is 0 Å². The van der Waals surface area contributed by atoms with Gasteiger partial charge in [-0.3, -0.25) is 0 Å². The van der Waals surface area contributed by atoms with Crippen molar-refractivity contribution in [1.29, 1.82) is 0 Å². The van der Waals surface area contributed by atoms with E-state index in [2.05, 4.69) is 38.2 Å². The molecule has 0 spiro atoms. The minimum absolute atomic E-state index is 0.0368. The van der Waals surface area contributed by atoms with E-state index in [0.717, 1.165) is 5.75 Å². The molecule has 3 nitrogen and oxygen atoms in total. The van der Waals surface area contributed by atoms with Crippen molar-refractivity contribution in [2.75, 3.05) is 13.2 Å². The smallest absolute Gasteiger partial charge is 0.119 e. The molecule has 106 valence electrons. The first-order valence-electron chi connectivity index (χ1n) is 7.09. The minimum Gasteiger partial charge on any atom is -0.492 e. The number of aliphatic hydroxyl groups excluding tert-OH is 1. The van der Waals surface area contributed by atoms with Gasteiger partial charge in [0.2, 0.25) is 0 Å². The summed E-state index contributed by atoms with van der Waals surface area (Å²) in [5, 5.41) is 12.7. The number of benzene rings is 1. The summed E-state index contributed by atoms with van der Waals surface area (Å²) >= 11 is 0. The molecule has 0 heterocycles. The number of ether oxygens (including phenoxy) is 1. The number of nitrogens with one attached hydrogen (secondary N) is 1. The third-order valence-corrected chi connectivity index (χ3v) is 3.44. The number of aliphatic hydroxyl groups is 1. The van der Waals surface area contributed by atoms with Gasteiger partial charge in [-0.2, -0.15) is 0 Å². The van der Waals surface area contributed by atoms with E-state index in [4.69, 9.17) is 4.74 Å². The van der Waals surface area contributed by atoms with E-state index >= 15 is 0 Å². The van der Waals surface area contributed by atoms with Crippen LogP contribution in [0.4, 0.5) is 0 Å². The number of hydrogen-bond donors (Lipinski definition) is 2. The number of rotatable bonds is 6. The van der Waals surface area contributed by atoms with E-state index in [-0.39, 0.29) is 18.1 Å². The van der Waals surface area contributed by atoms with Crippen LogP contribution in [0.15, 0.2) is 24.3 Å². The molecular weight excluding hydrogens is 238 g/mol. The lowest BCUT2D eigenvalue weighted by molar-refractivity contribution is 0.182. The standard InChI is InChI=1S/C16H25NO2/c1-16(2,3)12-4-8-15(9-5-12)19-11-14(10-18)17-13-6-7-13/h4-5,8-9,13-14,17-18H,6-7,10-11H2,1-3H3. The maximum absolute atomic E-state index is 9.29. The van der Waals surface area contributed by atoms with Gasteiger partial charge in [-0.25, -0.2) is 0 Å². The van der Waals surface area contributed by atoms with Crippen molar-refractivity contribution in [2.24, 2.45) is 0 Å². The van der Waals surface area contributed by atoms with E-state index in [0.29, 0.717) is 12.6 Å². The van der Waals surface area contributed by atoms with Crippen molar-refractivity contribution in [1.82, 2.24) is 5.32 Å². The Balaban J connectivity index is 1.84. The highest BCUT2D eigenvalue weighted by molar-refractivity contribution is 5.31. The summed E-state index contributed by atoms with van der Waals surface area (Å²) < 4.78 is 5.73. The molecule has 1 fully saturated rings. The molecule has 0 aromatic heterocycles. The van der Waals surface area contributed by atoms with E-state index in [1.54, 1.807) is 0 Å². The van der Waals surface area contributed by atoms with Crippen molar-refractivity contribution >= 4 is 0 Å². The van der Waals surface area contributed by atoms with Gasteiger partial charge >= 0.3 is 0 Å². The van der Waals surface area contributed by atoms with Crippen molar-refractivity contribution in [3.05, 3.63) is 29.8 Å². The van der Waals surface area contributed by atoms with Crippen molar-refractivity contribution < 1.29 is 9.84 Å². The summed E-state index contributed by atoms with van der Waals surface area (Å²) in [7, 11) is 0. The minimum atomic E-state index is 0.0368. The zero-order chi connectivity index (χ0) is 13.9. The highest BCUT2D eigenvalue weighted by Crippen LogP contribution is 2.24. The molecule has 2 N–H and O–H groups in total. The number of hydrogen-bond acceptors (Lipinski definition) is 3. The average Bonchev–Trinajstić information content (AvgIpc) is 3.18. The van der Waals surface area contributed by atoms with Crippen LogP contribution in [0, 0.1) is 0 Å². The van der Waals surface area contributed by atoms with Crippen LogP contribution in [0.5, 0.6) is 5.75 Å². The van der Waals surface area contributed by atoms with Gasteiger partial charge in [-0.05, 0) is 36.0 Å². The molecule has 19 heavy (non-hydrogen) atoms. The molecule has 1 aliphatic rings. The maximum Gasteiger partial charge on any atom is 0.119 e. The first-order valence-corrected chi connectivity index (χ1v) is 7.09. The fraction of sp³-hybridized carbons (Fsp3) is 0.625. The predicted molar refractivity (Wildman–Crippen MR) is 77.7 cm³/mol. The van der Waals surface area contributed by atoms with Gasteiger partial charge in [-0.1, -0.05) is 32.9 Å². The van der Waals surface area contributed by atoms with E-state index in [1.165, 1.54) is 18.4 Å². The van der Waals surface area contributed by atoms with Crippen molar-refractivity contribution in [3.8, 4) is 5.75 Å². The monoisotopic (exact) mass is 263 g/mol. The SMILES string of the molecule is CC(C)(C)c1ccc(OCC(CO)NC2CC2)cc1. The topological polar surface area (TPSA) is 41.5 Å². The molecule has 0 saturated heterocycles. The molecule has 1 aliphatic carbocycles. The fourth-order valence-corrected chi connectivity index (χ4v) is 1.98. The van der Waals surface area contributed by atoms with Crippen molar-refractivity contribution in [2.45, 2.75) is 51.1 Å².